The summed E-state index contributed by atoms with van der Waals surface area (Å²) < 4.78 is 12.8. The molecule has 4 aromatic rings. The second-order valence-corrected chi connectivity index (χ2v) is 19.5. The third-order valence-electron chi connectivity index (χ3n) is 11.5. The predicted octanol–water partition coefficient (Wildman–Crippen LogP) is 4.94. The minimum atomic E-state index is -2.55. The number of carbonyl (C=O) groups is 3. The number of fused-ring (bicyclic) bond motifs is 2. The summed E-state index contributed by atoms with van der Waals surface area (Å²) in [7, 11) is -0.903. The Bertz CT molecular complexity index is 1960. The van der Waals surface area contributed by atoms with E-state index in [-0.39, 0.29) is 55.3 Å². The van der Waals surface area contributed by atoms with Crippen molar-refractivity contribution >= 4 is 48.0 Å². The van der Waals surface area contributed by atoms with Crippen LogP contribution in [-0.4, -0.2) is 81.8 Å². The van der Waals surface area contributed by atoms with E-state index < -0.39 is 19.8 Å². The van der Waals surface area contributed by atoms with Gasteiger partial charge in [-0.1, -0.05) is 85.9 Å². The van der Waals surface area contributed by atoms with E-state index in [1.54, 1.807) is 21.8 Å². The normalized spacial score (nSPS) is 22.7. The van der Waals surface area contributed by atoms with Crippen molar-refractivity contribution in [2.45, 2.75) is 50.2 Å². The van der Waals surface area contributed by atoms with Crippen molar-refractivity contribution in [3.63, 3.8) is 0 Å². The fraction of sp³-hybridized carbons (Fsp3) is 0.357. The zero-order valence-corrected chi connectivity index (χ0v) is 31.8. The van der Waals surface area contributed by atoms with Gasteiger partial charge in [-0.15, -0.1) is 0 Å². The third kappa shape index (κ3) is 6.56. The van der Waals surface area contributed by atoms with E-state index in [2.05, 4.69) is 37.5 Å². The van der Waals surface area contributed by atoms with Gasteiger partial charge in [-0.2, -0.15) is 0 Å². The lowest BCUT2D eigenvalue weighted by Gasteiger charge is -2.37. The van der Waals surface area contributed by atoms with Crippen LogP contribution in [0.25, 0.3) is 0 Å². The number of rotatable bonds is 11. The molecule has 10 nitrogen and oxygen atoms in total. The van der Waals surface area contributed by atoms with Gasteiger partial charge in [-0.3, -0.25) is 19.3 Å². The maximum atomic E-state index is 15.3. The van der Waals surface area contributed by atoms with Crippen LogP contribution in [0.5, 0.6) is 5.75 Å². The number of ether oxygens (including phenoxy) is 2. The summed E-state index contributed by atoms with van der Waals surface area (Å²) in [4.78, 5) is 48.0. The first-order valence-corrected chi connectivity index (χ1v) is 21.5. The number of para-hydroxylation sites is 1. The summed E-state index contributed by atoms with van der Waals surface area (Å²) in [6, 6.07) is 33.3. The van der Waals surface area contributed by atoms with Crippen LogP contribution in [0.3, 0.4) is 0 Å². The number of carbonyl (C=O) groups excluding carboxylic acids is 3. The molecule has 53 heavy (non-hydrogen) atoms. The molecule has 3 heterocycles. The number of hydrogen-bond donors (Lipinski definition) is 2. The van der Waals surface area contributed by atoms with E-state index in [0.29, 0.717) is 36.6 Å². The topological polar surface area (TPSA) is 112 Å². The summed E-state index contributed by atoms with van der Waals surface area (Å²) >= 11 is 0. The van der Waals surface area contributed by atoms with E-state index in [9.17, 15) is 14.7 Å². The highest BCUT2D eigenvalue weighted by atomic mass is 28.3. The van der Waals surface area contributed by atoms with Gasteiger partial charge in [0.2, 0.25) is 11.8 Å². The first-order chi connectivity index (χ1) is 25.6. The van der Waals surface area contributed by atoms with Gasteiger partial charge in [0.15, 0.2) is 5.60 Å². The minimum Gasteiger partial charge on any atom is -0.497 e. The molecule has 0 radical (unpaired) electrons. The number of nitrogens with zero attached hydrogens (tertiary/aromatic N) is 3. The molecule has 3 aliphatic heterocycles. The Morgan fingerprint density at radius 3 is 2.34 bits per heavy atom. The molecule has 0 bridgehead atoms. The maximum Gasteiger partial charge on any atom is 0.268 e. The Morgan fingerprint density at radius 1 is 0.981 bits per heavy atom. The van der Waals surface area contributed by atoms with Crippen LogP contribution < -0.4 is 25.0 Å². The molecule has 2 saturated heterocycles. The number of nitrogens with one attached hydrogen (secondary N) is 1. The van der Waals surface area contributed by atoms with Crippen LogP contribution >= 0.6 is 0 Å². The van der Waals surface area contributed by atoms with E-state index in [1.807, 2.05) is 91.0 Å². The number of aliphatic hydroxyl groups is 1. The highest BCUT2D eigenvalue weighted by molar-refractivity contribution is 6.91. The van der Waals surface area contributed by atoms with Crippen molar-refractivity contribution in [1.29, 1.82) is 0 Å². The van der Waals surface area contributed by atoms with Crippen LogP contribution in [0, 0.1) is 5.92 Å². The van der Waals surface area contributed by atoms with Crippen molar-refractivity contribution in [2.75, 3.05) is 49.7 Å². The third-order valence-corrected chi connectivity index (χ3v) is 15.8. The SMILES string of the molecule is COc1ccc([Si](C)(C)[C@@H]2[C@@H](CC(=O)N(CCO)Cc3ccccc3)O[C@]3(C(=O)N(c4ccccc4)c4ccc(N5CCNCC5=O)cc43)[C@H]2C)cc1. The number of methoxy groups -OCH3 is 1. The lowest BCUT2D eigenvalue weighted by atomic mass is 9.82. The Hall–Kier alpha value is -4.81. The number of aliphatic hydroxyl groups excluding tert-OH is 1. The fourth-order valence-electron chi connectivity index (χ4n) is 8.83. The molecule has 276 valence electrons. The molecule has 2 N–H and O–H groups in total. The Kier molecular flexibility index (Phi) is 10.3. The minimum absolute atomic E-state index is 0.0355. The predicted molar refractivity (Wildman–Crippen MR) is 208 cm³/mol. The summed E-state index contributed by atoms with van der Waals surface area (Å²) in [5.74, 6) is 0.0231. The first-order valence-electron chi connectivity index (χ1n) is 18.4. The molecule has 1 spiro atoms. The maximum absolute atomic E-state index is 15.3. The van der Waals surface area contributed by atoms with Gasteiger partial charge in [0.05, 0.1) is 46.5 Å². The highest BCUT2D eigenvalue weighted by Gasteiger charge is 2.67. The fourth-order valence-corrected chi connectivity index (χ4v) is 12.8. The summed E-state index contributed by atoms with van der Waals surface area (Å²) in [5, 5.41) is 14.3. The summed E-state index contributed by atoms with van der Waals surface area (Å²) in [6.07, 6.45) is -0.574. The van der Waals surface area contributed by atoms with Gasteiger partial charge in [-0.25, -0.2) is 0 Å². The number of benzene rings is 4. The van der Waals surface area contributed by atoms with Crippen LogP contribution in [0.4, 0.5) is 17.1 Å². The lowest BCUT2D eigenvalue weighted by Crippen LogP contribution is -2.52. The zero-order chi connectivity index (χ0) is 37.3. The summed E-state index contributed by atoms with van der Waals surface area (Å²) in [5.41, 5.74) is 2.21. The zero-order valence-electron chi connectivity index (χ0n) is 30.8. The number of hydrogen-bond acceptors (Lipinski definition) is 7. The van der Waals surface area contributed by atoms with Gasteiger partial charge in [0, 0.05) is 49.0 Å². The molecule has 0 unspecified atom stereocenters. The second kappa shape index (κ2) is 14.9. The van der Waals surface area contributed by atoms with Gasteiger partial charge >= 0.3 is 0 Å². The molecule has 4 aromatic carbocycles. The smallest absolute Gasteiger partial charge is 0.268 e. The van der Waals surface area contributed by atoms with Crippen molar-refractivity contribution in [2.24, 2.45) is 5.92 Å². The van der Waals surface area contributed by atoms with Crippen molar-refractivity contribution in [1.82, 2.24) is 10.2 Å². The number of amides is 3. The van der Waals surface area contributed by atoms with Crippen LogP contribution in [0.1, 0.15) is 24.5 Å². The standard InChI is InChI=1S/C42H48N4O6Si/c1-29-40(53(3,4)34-18-16-33(51-2)17-19-34)37(26-38(48)44(23-24-47)28-30-11-7-5-8-12-30)52-42(29)35-25-32(45-22-21-43-27-39(45)49)15-20-36(35)46(41(42)50)31-13-9-6-10-14-31/h5-20,25,29,37,40,43,47H,21-24,26-28H2,1-4H3/t29-,37+,40-,42+/m0/s1. The molecule has 4 atom stereocenters. The lowest BCUT2D eigenvalue weighted by molar-refractivity contribution is -0.149. The molecule has 0 aliphatic carbocycles. The molecular weight excluding hydrogens is 685 g/mol. The molecular formula is C42H48N4O6Si. The molecule has 7 rings (SSSR count). The Morgan fingerprint density at radius 2 is 1.68 bits per heavy atom. The Balaban J connectivity index is 1.35. The molecule has 0 aromatic heterocycles. The average molecular weight is 733 g/mol. The van der Waals surface area contributed by atoms with E-state index >= 15 is 4.79 Å². The van der Waals surface area contributed by atoms with Crippen LogP contribution in [0.2, 0.25) is 18.6 Å². The Labute approximate surface area is 312 Å². The van der Waals surface area contributed by atoms with Crippen molar-refractivity contribution < 1.29 is 29.0 Å². The van der Waals surface area contributed by atoms with Gasteiger partial charge in [0.25, 0.3) is 5.91 Å². The molecule has 11 heteroatoms. The van der Waals surface area contributed by atoms with E-state index in [1.165, 1.54) is 0 Å². The number of piperazine rings is 1. The van der Waals surface area contributed by atoms with E-state index in [4.69, 9.17) is 9.47 Å². The first kappa shape index (κ1) is 36.5. The largest absolute Gasteiger partial charge is 0.497 e. The summed E-state index contributed by atoms with van der Waals surface area (Å²) in [6.45, 7) is 8.44. The van der Waals surface area contributed by atoms with Gasteiger partial charge in [0.1, 0.15) is 5.75 Å². The molecule has 3 aliphatic rings. The van der Waals surface area contributed by atoms with E-state index in [0.717, 1.165) is 22.2 Å². The van der Waals surface area contributed by atoms with Gasteiger partial charge < -0.3 is 29.7 Å². The van der Waals surface area contributed by atoms with Crippen LogP contribution in [-0.2, 0) is 31.3 Å². The number of anilines is 3. The van der Waals surface area contributed by atoms with Crippen molar-refractivity contribution in [3.05, 3.63) is 114 Å². The quantitative estimate of drug-likeness (QED) is 0.211. The molecule has 2 fully saturated rings. The average Bonchev–Trinajstić information content (AvgIpc) is 3.61. The molecule has 0 saturated carbocycles. The molecule has 3 amide bonds. The second-order valence-electron chi connectivity index (χ2n) is 14.8. The van der Waals surface area contributed by atoms with Crippen molar-refractivity contribution in [3.8, 4) is 5.75 Å². The monoisotopic (exact) mass is 732 g/mol. The highest BCUT2D eigenvalue weighted by Crippen LogP contribution is 2.61. The van der Waals surface area contributed by atoms with Crippen LogP contribution in [0.15, 0.2) is 103 Å². The van der Waals surface area contributed by atoms with Gasteiger partial charge in [-0.05, 0) is 53.6 Å².